The molecule has 0 radical (unpaired) electrons. The second-order valence-electron chi connectivity index (χ2n) is 5.15. The second kappa shape index (κ2) is 6.43. The molecule has 2 aromatic rings. The molecule has 0 fully saturated rings. The molecule has 1 atom stereocenters. The summed E-state index contributed by atoms with van der Waals surface area (Å²) in [6.07, 6.45) is 0.256. The highest BCUT2D eigenvalue weighted by atomic mass is 16.5. The van der Waals surface area contributed by atoms with Gasteiger partial charge in [0.15, 0.2) is 0 Å². The zero-order valence-corrected chi connectivity index (χ0v) is 12.6. The van der Waals surface area contributed by atoms with Crippen molar-refractivity contribution in [2.24, 2.45) is 0 Å². The van der Waals surface area contributed by atoms with Gasteiger partial charge in [0.05, 0.1) is 17.7 Å². The van der Waals surface area contributed by atoms with Crippen molar-refractivity contribution in [2.75, 3.05) is 0 Å². The van der Waals surface area contributed by atoms with E-state index in [9.17, 15) is 5.11 Å². The summed E-state index contributed by atoms with van der Waals surface area (Å²) in [5, 5.41) is 18.7. The quantitative estimate of drug-likeness (QED) is 0.903. The maximum absolute atomic E-state index is 9.78. The molecule has 21 heavy (non-hydrogen) atoms. The summed E-state index contributed by atoms with van der Waals surface area (Å²) in [4.78, 5) is 0. The van der Waals surface area contributed by atoms with Crippen LogP contribution in [0, 0.1) is 25.2 Å². The first-order valence-electron chi connectivity index (χ1n) is 7.02. The topological polar surface area (TPSA) is 53.2 Å². The third kappa shape index (κ3) is 3.42. The molecule has 3 heteroatoms. The van der Waals surface area contributed by atoms with Crippen LogP contribution < -0.4 is 4.74 Å². The van der Waals surface area contributed by atoms with Crippen LogP contribution >= 0.6 is 0 Å². The van der Waals surface area contributed by atoms with E-state index in [1.807, 2.05) is 57.2 Å². The van der Waals surface area contributed by atoms with Crippen LogP contribution in [0.4, 0.5) is 0 Å². The van der Waals surface area contributed by atoms with Gasteiger partial charge in [-0.05, 0) is 61.2 Å². The Labute approximate surface area is 125 Å². The highest BCUT2D eigenvalue weighted by Gasteiger charge is 2.09. The molecule has 0 aliphatic carbocycles. The van der Waals surface area contributed by atoms with E-state index in [4.69, 9.17) is 10.00 Å². The molecule has 2 aromatic carbocycles. The average Bonchev–Trinajstić information content (AvgIpc) is 2.50. The third-order valence-corrected chi connectivity index (χ3v) is 3.46. The van der Waals surface area contributed by atoms with Crippen LogP contribution in [-0.4, -0.2) is 5.11 Å². The van der Waals surface area contributed by atoms with E-state index in [0.29, 0.717) is 12.0 Å². The molecule has 3 nitrogen and oxygen atoms in total. The third-order valence-electron chi connectivity index (χ3n) is 3.46. The number of hydrogen-bond acceptors (Lipinski definition) is 3. The molecule has 0 saturated heterocycles. The molecule has 0 aliphatic rings. The molecule has 108 valence electrons. The van der Waals surface area contributed by atoms with Crippen molar-refractivity contribution >= 4 is 0 Å². The molecule has 2 rings (SSSR count). The Morgan fingerprint density at radius 1 is 1.14 bits per heavy atom. The Bertz CT molecular complexity index is 646. The lowest BCUT2D eigenvalue weighted by Gasteiger charge is -2.13. The summed E-state index contributed by atoms with van der Waals surface area (Å²) < 4.78 is 5.92. The van der Waals surface area contributed by atoms with Crippen molar-refractivity contribution in [3.05, 3.63) is 58.7 Å². The van der Waals surface area contributed by atoms with Crippen molar-refractivity contribution in [1.29, 1.82) is 5.26 Å². The van der Waals surface area contributed by atoms with Gasteiger partial charge in [0.2, 0.25) is 0 Å². The standard InChI is InChI=1S/C18H19NO2/c1-4-17(20)15-5-7-16(8-6-15)21-18-12(2)9-14(11-19)10-13(18)3/h5-10,17,20H,4H2,1-3H3/t17-/m0/s1. The van der Waals surface area contributed by atoms with E-state index in [1.165, 1.54) is 0 Å². The summed E-state index contributed by atoms with van der Waals surface area (Å²) in [6, 6.07) is 13.2. The summed E-state index contributed by atoms with van der Waals surface area (Å²) in [5.41, 5.74) is 3.39. The van der Waals surface area contributed by atoms with Gasteiger partial charge < -0.3 is 9.84 Å². The molecular weight excluding hydrogens is 262 g/mol. The largest absolute Gasteiger partial charge is 0.457 e. The maximum atomic E-state index is 9.78. The molecule has 0 bridgehead atoms. The Morgan fingerprint density at radius 3 is 2.19 bits per heavy atom. The van der Waals surface area contributed by atoms with E-state index in [2.05, 4.69) is 6.07 Å². The van der Waals surface area contributed by atoms with E-state index in [0.717, 1.165) is 28.2 Å². The molecular formula is C18H19NO2. The number of benzene rings is 2. The maximum Gasteiger partial charge on any atom is 0.133 e. The van der Waals surface area contributed by atoms with Gasteiger partial charge in [-0.25, -0.2) is 0 Å². The summed E-state index contributed by atoms with van der Waals surface area (Å²) in [7, 11) is 0. The smallest absolute Gasteiger partial charge is 0.133 e. The first-order valence-corrected chi connectivity index (χ1v) is 7.02. The summed E-state index contributed by atoms with van der Waals surface area (Å²) in [5.74, 6) is 1.50. The van der Waals surface area contributed by atoms with Gasteiger partial charge in [0, 0.05) is 0 Å². The molecule has 1 N–H and O–H groups in total. The first kappa shape index (κ1) is 15.1. The monoisotopic (exact) mass is 281 g/mol. The number of aryl methyl sites for hydroxylation is 2. The minimum absolute atomic E-state index is 0.433. The van der Waals surface area contributed by atoms with Gasteiger partial charge >= 0.3 is 0 Å². The number of ether oxygens (including phenoxy) is 1. The first-order chi connectivity index (χ1) is 10.0. The summed E-state index contributed by atoms with van der Waals surface area (Å²) >= 11 is 0. The molecule has 0 unspecified atom stereocenters. The fraction of sp³-hybridized carbons (Fsp3) is 0.278. The molecule has 0 aromatic heterocycles. The number of nitrogens with zero attached hydrogens (tertiary/aromatic N) is 1. The van der Waals surface area contributed by atoms with E-state index in [-0.39, 0.29) is 0 Å². The zero-order chi connectivity index (χ0) is 15.4. The lowest BCUT2D eigenvalue weighted by Crippen LogP contribution is -1.96. The fourth-order valence-electron chi connectivity index (χ4n) is 2.29. The van der Waals surface area contributed by atoms with Crippen LogP contribution in [0.15, 0.2) is 36.4 Å². The number of hydrogen-bond donors (Lipinski definition) is 1. The lowest BCUT2D eigenvalue weighted by molar-refractivity contribution is 0.173. The Morgan fingerprint density at radius 2 is 1.71 bits per heavy atom. The van der Waals surface area contributed by atoms with Crippen molar-refractivity contribution in [1.82, 2.24) is 0 Å². The number of nitriles is 1. The van der Waals surface area contributed by atoms with Crippen LogP contribution in [0.5, 0.6) is 11.5 Å². The average molecular weight is 281 g/mol. The second-order valence-corrected chi connectivity index (χ2v) is 5.15. The van der Waals surface area contributed by atoms with Crippen LogP contribution in [0.1, 0.15) is 41.7 Å². The lowest BCUT2D eigenvalue weighted by atomic mass is 10.1. The van der Waals surface area contributed by atoms with E-state index < -0.39 is 6.10 Å². The van der Waals surface area contributed by atoms with Crippen molar-refractivity contribution in [2.45, 2.75) is 33.3 Å². The fourth-order valence-corrected chi connectivity index (χ4v) is 2.29. The Hall–Kier alpha value is -2.31. The highest BCUT2D eigenvalue weighted by Crippen LogP contribution is 2.30. The van der Waals surface area contributed by atoms with Crippen LogP contribution in [0.2, 0.25) is 0 Å². The minimum Gasteiger partial charge on any atom is -0.457 e. The number of rotatable bonds is 4. The Balaban J connectivity index is 2.25. The van der Waals surface area contributed by atoms with Crippen molar-refractivity contribution in [3.8, 4) is 17.6 Å². The normalized spacial score (nSPS) is 11.8. The van der Waals surface area contributed by atoms with E-state index in [1.54, 1.807) is 0 Å². The van der Waals surface area contributed by atoms with Crippen LogP contribution in [0.3, 0.4) is 0 Å². The van der Waals surface area contributed by atoms with Gasteiger partial charge in [-0.1, -0.05) is 19.1 Å². The number of aliphatic hydroxyl groups excluding tert-OH is 1. The molecule has 0 heterocycles. The van der Waals surface area contributed by atoms with Gasteiger partial charge in [-0.2, -0.15) is 5.26 Å². The summed E-state index contributed by atoms with van der Waals surface area (Å²) in [6.45, 7) is 5.80. The molecule has 0 amide bonds. The van der Waals surface area contributed by atoms with Crippen LogP contribution in [0.25, 0.3) is 0 Å². The van der Waals surface area contributed by atoms with Gasteiger partial charge in [0.25, 0.3) is 0 Å². The molecule has 0 saturated carbocycles. The van der Waals surface area contributed by atoms with Gasteiger partial charge in [0.1, 0.15) is 11.5 Å². The van der Waals surface area contributed by atoms with Gasteiger partial charge in [-0.15, -0.1) is 0 Å². The predicted octanol–water partition coefficient (Wildman–Crippen LogP) is 4.41. The zero-order valence-electron chi connectivity index (χ0n) is 12.6. The Kier molecular flexibility index (Phi) is 4.62. The predicted molar refractivity (Wildman–Crippen MR) is 82.4 cm³/mol. The van der Waals surface area contributed by atoms with E-state index >= 15 is 0 Å². The molecule has 0 aliphatic heterocycles. The molecule has 0 spiro atoms. The van der Waals surface area contributed by atoms with Gasteiger partial charge in [-0.3, -0.25) is 0 Å². The SMILES string of the molecule is CC[C@H](O)c1ccc(Oc2c(C)cc(C#N)cc2C)cc1. The minimum atomic E-state index is -0.433. The number of aliphatic hydroxyl groups is 1. The highest BCUT2D eigenvalue weighted by molar-refractivity contribution is 5.49. The van der Waals surface area contributed by atoms with Crippen LogP contribution in [-0.2, 0) is 0 Å². The van der Waals surface area contributed by atoms with Crippen molar-refractivity contribution in [3.63, 3.8) is 0 Å². The van der Waals surface area contributed by atoms with Crippen molar-refractivity contribution < 1.29 is 9.84 Å².